The van der Waals surface area contributed by atoms with Crippen molar-refractivity contribution in [3.63, 3.8) is 0 Å². The molecule has 0 fully saturated rings. The molecule has 0 atom stereocenters. The number of carbonyl (C=O) groups is 1. The number of H-pyrrole nitrogens is 1. The van der Waals surface area contributed by atoms with Crippen LogP contribution in [0.1, 0.15) is 23.8 Å². The molecule has 12 heavy (non-hydrogen) atoms. The minimum atomic E-state index is -0.345. The number of rotatable bonds is 2. The van der Waals surface area contributed by atoms with E-state index in [0.29, 0.717) is 12.1 Å². The predicted octanol–water partition coefficient (Wildman–Crippen LogP) is -0.315. The van der Waals surface area contributed by atoms with Crippen LogP contribution in [0.4, 0.5) is 0 Å². The van der Waals surface area contributed by atoms with Crippen LogP contribution in [0.3, 0.4) is 0 Å². The summed E-state index contributed by atoms with van der Waals surface area (Å²) in [5.41, 5.74) is 5.50. The first kappa shape index (κ1) is 8.73. The molecule has 1 heterocycles. The first-order valence-corrected chi connectivity index (χ1v) is 3.73. The van der Waals surface area contributed by atoms with Gasteiger partial charge in [-0.05, 0) is 0 Å². The van der Waals surface area contributed by atoms with E-state index < -0.39 is 0 Å². The van der Waals surface area contributed by atoms with Gasteiger partial charge in [0.05, 0.1) is 5.69 Å². The minimum absolute atomic E-state index is 0.235. The van der Waals surface area contributed by atoms with E-state index >= 15 is 0 Å². The zero-order chi connectivity index (χ0) is 9.14. The van der Waals surface area contributed by atoms with Gasteiger partial charge in [-0.3, -0.25) is 14.7 Å². The van der Waals surface area contributed by atoms with E-state index in [-0.39, 0.29) is 18.0 Å². The number of nitrogens with one attached hydrogen (secondary N) is 1. The van der Waals surface area contributed by atoms with Crippen LogP contribution in [0.5, 0.6) is 0 Å². The second-order valence-electron chi connectivity index (χ2n) is 2.41. The third-order valence-corrected chi connectivity index (χ3v) is 1.55. The fraction of sp³-hybridized carbons (Fsp3) is 0.429. The van der Waals surface area contributed by atoms with Crippen molar-refractivity contribution in [1.82, 2.24) is 9.78 Å². The number of hydrogen-bond donors (Lipinski definition) is 2. The molecule has 0 radical (unpaired) electrons. The maximum Gasteiger partial charge on any atom is 0.273 e. The van der Waals surface area contributed by atoms with Gasteiger partial charge in [0.2, 0.25) is 5.91 Å². The highest BCUT2D eigenvalue weighted by atomic mass is 16.2. The summed E-state index contributed by atoms with van der Waals surface area (Å²) in [6.45, 7) is 1.93. The van der Waals surface area contributed by atoms with Gasteiger partial charge in [-0.25, -0.2) is 0 Å². The maximum absolute atomic E-state index is 11.1. The Hall–Kier alpha value is -1.36. The highest BCUT2D eigenvalue weighted by Gasteiger charge is 2.06. The minimum Gasteiger partial charge on any atom is -0.325 e. The van der Waals surface area contributed by atoms with E-state index in [2.05, 4.69) is 5.10 Å². The summed E-state index contributed by atoms with van der Waals surface area (Å²) in [6.07, 6.45) is 0.296. The van der Waals surface area contributed by atoms with Crippen molar-refractivity contribution in [3.05, 3.63) is 22.1 Å². The Kier molecular flexibility index (Phi) is 2.44. The average molecular weight is 169 g/mol. The van der Waals surface area contributed by atoms with Gasteiger partial charge in [-0.15, -0.1) is 0 Å². The standard InChI is InChI=1S/C7H11N3O2/c1-2-6(11)10-7(12)3-5(4-8)9-10/h3,9H,2,4,8H2,1H3. The first-order chi connectivity index (χ1) is 5.69. The van der Waals surface area contributed by atoms with Crippen molar-refractivity contribution >= 4 is 5.91 Å². The van der Waals surface area contributed by atoms with Crippen LogP contribution in [-0.4, -0.2) is 15.7 Å². The summed E-state index contributed by atoms with van der Waals surface area (Å²) in [5, 5.41) is 2.61. The van der Waals surface area contributed by atoms with Crippen LogP contribution in [0, 0.1) is 0 Å². The fourth-order valence-electron chi connectivity index (χ4n) is 0.893. The van der Waals surface area contributed by atoms with Gasteiger partial charge in [0.25, 0.3) is 5.56 Å². The Morgan fingerprint density at radius 3 is 2.83 bits per heavy atom. The molecule has 0 aromatic carbocycles. The zero-order valence-corrected chi connectivity index (χ0v) is 6.83. The summed E-state index contributed by atoms with van der Waals surface area (Å²) in [7, 11) is 0. The smallest absolute Gasteiger partial charge is 0.273 e. The third kappa shape index (κ3) is 1.45. The van der Waals surface area contributed by atoms with Gasteiger partial charge in [0, 0.05) is 19.0 Å². The summed E-state index contributed by atoms with van der Waals surface area (Å²) < 4.78 is 0.974. The van der Waals surface area contributed by atoms with E-state index in [1.165, 1.54) is 6.07 Å². The quantitative estimate of drug-likeness (QED) is 0.637. The van der Waals surface area contributed by atoms with Crippen LogP contribution in [-0.2, 0) is 6.54 Å². The first-order valence-electron chi connectivity index (χ1n) is 3.73. The van der Waals surface area contributed by atoms with Crippen LogP contribution in [0.2, 0.25) is 0 Å². The highest BCUT2D eigenvalue weighted by Crippen LogP contribution is 1.89. The van der Waals surface area contributed by atoms with Crippen molar-refractivity contribution in [3.8, 4) is 0 Å². The van der Waals surface area contributed by atoms with Gasteiger partial charge in [-0.1, -0.05) is 6.92 Å². The average Bonchev–Trinajstić information content (AvgIpc) is 2.45. The van der Waals surface area contributed by atoms with E-state index in [4.69, 9.17) is 5.73 Å². The molecule has 5 nitrogen and oxygen atoms in total. The molecule has 0 amide bonds. The van der Waals surface area contributed by atoms with Crippen molar-refractivity contribution in [1.29, 1.82) is 0 Å². The molecule has 0 saturated carbocycles. The molecule has 0 aliphatic rings. The topological polar surface area (TPSA) is 80.9 Å². The van der Waals surface area contributed by atoms with E-state index in [1.807, 2.05) is 0 Å². The molecule has 66 valence electrons. The lowest BCUT2D eigenvalue weighted by Gasteiger charge is -1.95. The molecule has 0 saturated heterocycles. The molecule has 0 aliphatic heterocycles. The Balaban J connectivity index is 3.08. The van der Waals surface area contributed by atoms with Crippen LogP contribution >= 0.6 is 0 Å². The van der Waals surface area contributed by atoms with Crippen molar-refractivity contribution < 1.29 is 4.79 Å². The second-order valence-corrected chi connectivity index (χ2v) is 2.41. The Bertz CT molecular complexity index is 337. The number of nitrogens with zero attached hydrogens (tertiary/aromatic N) is 1. The van der Waals surface area contributed by atoms with Gasteiger partial charge in [0.1, 0.15) is 0 Å². The van der Waals surface area contributed by atoms with Crippen LogP contribution in [0.15, 0.2) is 10.9 Å². The third-order valence-electron chi connectivity index (χ3n) is 1.55. The van der Waals surface area contributed by atoms with Crippen LogP contribution in [0.25, 0.3) is 0 Å². The summed E-state index contributed by atoms with van der Waals surface area (Å²) in [4.78, 5) is 22.1. The van der Waals surface area contributed by atoms with Crippen LogP contribution < -0.4 is 11.3 Å². The summed E-state index contributed by atoms with van der Waals surface area (Å²) in [5.74, 6) is -0.250. The molecule has 0 unspecified atom stereocenters. The summed E-state index contributed by atoms with van der Waals surface area (Å²) in [6, 6.07) is 1.33. The molecule has 0 bridgehead atoms. The number of aromatic nitrogens is 2. The lowest BCUT2D eigenvalue weighted by Crippen LogP contribution is -2.23. The summed E-state index contributed by atoms with van der Waals surface area (Å²) >= 11 is 0. The molecule has 0 spiro atoms. The second kappa shape index (κ2) is 3.36. The molecule has 1 aromatic rings. The normalized spacial score (nSPS) is 10.2. The number of carbonyl (C=O) groups excluding carboxylic acids is 1. The number of hydrogen-bond acceptors (Lipinski definition) is 3. The number of nitrogens with two attached hydrogens (primary N) is 1. The Morgan fingerprint density at radius 2 is 2.42 bits per heavy atom. The lowest BCUT2D eigenvalue weighted by molar-refractivity contribution is 0.0888. The largest absolute Gasteiger partial charge is 0.325 e. The van der Waals surface area contributed by atoms with Crippen molar-refractivity contribution in [2.75, 3.05) is 0 Å². The van der Waals surface area contributed by atoms with Crippen molar-refractivity contribution in [2.45, 2.75) is 19.9 Å². The maximum atomic E-state index is 11.1. The predicted molar refractivity (Wildman–Crippen MR) is 43.9 cm³/mol. The van der Waals surface area contributed by atoms with E-state index in [9.17, 15) is 9.59 Å². The molecular formula is C7H11N3O2. The molecule has 1 rings (SSSR count). The molecule has 0 aliphatic carbocycles. The fourth-order valence-corrected chi connectivity index (χ4v) is 0.893. The Morgan fingerprint density at radius 1 is 1.75 bits per heavy atom. The Labute approximate surface area is 69.2 Å². The van der Waals surface area contributed by atoms with E-state index in [0.717, 1.165) is 4.68 Å². The SMILES string of the molecule is CCC(=O)n1[nH]c(CN)cc1=O. The molecule has 3 N–H and O–H groups in total. The highest BCUT2D eigenvalue weighted by molar-refractivity contribution is 5.77. The lowest BCUT2D eigenvalue weighted by atomic mass is 10.4. The van der Waals surface area contributed by atoms with Gasteiger partial charge < -0.3 is 5.73 Å². The van der Waals surface area contributed by atoms with Gasteiger partial charge >= 0.3 is 0 Å². The number of aromatic amines is 1. The van der Waals surface area contributed by atoms with Gasteiger partial charge in [-0.2, -0.15) is 4.68 Å². The monoisotopic (exact) mass is 169 g/mol. The molecular weight excluding hydrogens is 158 g/mol. The molecule has 5 heteroatoms. The van der Waals surface area contributed by atoms with E-state index in [1.54, 1.807) is 6.92 Å². The zero-order valence-electron chi connectivity index (χ0n) is 6.83. The van der Waals surface area contributed by atoms with Crippen molar-refractivity contribution in [2.24, 2.45) is 5.73 Å². The van der Waals surface area contributed by atoms with Gasteiger partial charge in [0.15, 0.2) is 0 Å². The molecule has 1 aromatic heterocycles.